The zero-order valence-corrected chi connectivity index (χ0v) is 10.2. The predicted molar refractivity (Wildman–Crippen MR) is 67.3 cm³/mol. The lowest BCUT2D eigenvalue weighted by Gasteiger charge is -2.22. The molecular weight excluding hydrogens is 230 g/mol. The van der Waals surface area contributed by atoms with Gasteiger partial charge in [-0.2, -0.15) is 4.52 Å². The number of rotatable bonds is 4. The molecular formula is C11H17N7. The van der Waals surface area contributed by atoms with Gasteiger partial charge in [0.1, 0.15) is 5.82 Å². The summed E-state index contributed by atoms with van der Waals surface area (Å²) >= 11 is 0. The molecule has 7 heteroatoms. The summed E-state index contributed by atoms with van der Waals surface area (Å²) in [5.41, 5.74) is 0.666. The Bertz CT molecular complexity index is 503. The van der Waals surface area contributed by atoms with Gasteiger partial charge >= 0.3 is 0 Å². The molecule has 0 spiro atoms. The Morgan fingerprint density at radius 1 is 1.44 bits per heavy atom. The summed E-state index contributed by atoms with van der Waals surface area (Å²) in [6, 6.07) is 0. The molecule has 1 unspecified atom stereocenters. The van der Waals surface area contributed by atoms with Gasteiger partial charge in [-0.15, -0.1) is 5.10 Å². The molecule has 2 aromatic heterocycles. The highest BCUT2D eigenvalue weighted by atomic mass is 15.5. The van der Waals surface area contributed by atoms with Gasteiger partial charge in [-0.25, -0.2) is 0 Å². The van der Waals surface area contributed by atoms with E-state index in [9.17, 15) is 0 Å². The van der Waals surface area contributed by atoms with Crippen molar-refractivity contribution in [3.05, 3.63) is 12.4 Å². The largest absolute Gasteiger partial charge is 0.369 e. The van der Waals surface area contributed by atoms with E-state index in [0.29, 0.717) is 5.65 Å². The molecule has 18 heavy (non-hydrogen) atoms. The first kappa shape index (κ1) is 11.3. The monoisotopic (exact) mass is 247 g/mol. The van der Waals surface area contributed by atoms with E-state index < -0.39 is 0 Å². The molecule has 1 aliphatic heterocycles. The molecule has 2 N–H and O–H groups in total. The normalized spacial score (nSPS) is 20.1. The number of anilines is 1. The fraction of sp³-hybridized carbons (Fsp3) is 0.636. The van der Waals surface area contributed by atoms with E-state index in [1.807, 2.05) is 0 Å². The van der Waals surface area contributed by atoms with Crippen molar-refractivity contribution >= 4 is 11.5 Å². The second kappa shape index (κ2) is 5.26. The van der Waals surface area contributed by atoms with Crippen molar-refractivity contribution < 1.29 is 0 Å². The Hall–Kier alpha value is -1.76. The third-order valence-corrected chi connectivity index (χ3v) is 3.37. The summed E-state index contributed by atoms with van der Waals surface area (Å²) in [7, 11) is 0. The number of aromatic nitrogens is 5. The predicted octanol–water partition coefficient (Wildman–Crippen LogP) is 0.321. The number of tetrazole rings is 1. The van der Waals surface area contributed by atoms with Gasteiger partial charge in [0.25, 0.3) is 0 Å². The van der Waals surface area contributed by atoms with Crippen molar-refractivity contribution in [2.45, 2.75) is 19.3 Å². The van der Waals surface area contributed by atoms with Crippen LogP contribution in [0.2, 0.25) is 0 Å². The van der Waals surface area contributed by atoms with Gasteiger partial charge in [-0.3, -0.25) is 4.98 Å². The van der Waals surface area contributed by atoms with Crippen molar-refractivity contribution in [3.63, 3.8) is 0 Å². The summed E-state index contributed by atoms with van der Waals surface area (Å²) < 4.78 is 1.67. The van der Waals surface area contributed by atoms with Gasteiger partial charge in [0.15, 0.2) is 5.65 Å². The molecule has 7 nitrogen and oxygen atoms in total. The van der Waals surface area contributed by atoms with E-state index in [0.717, 1.165) is 37.8 Å². The van der Waals surface area contributed by atoms with Crippen LogP contribution in [0.5, 0.6) is 0 Å². The number of piperidine rings is 1. The third kappa shape index (κ3) is 2.40. The molecule has 0 aliphatic carbocycles. The average molecular weight is 247 g/mol. The van der Waals surface area contributed by atoms with E-state index in [1.165, 1.54) is 12.8 Å². The smallest absolute Gasteiger partial charge is 0.199 e. The zero-order valence-electron chi connectivity index (χ0n) is 10.2. The van der Waals surface area contributed by atoms with Gasteiger partial charge in [0.2, 0.25) is 0 Å². The molecule has 3 heterocycles. The molecule has 0 bridgehead atoms. The van der Waals surface area contributed by atoms with Crippen LogP contribution in [0.15, 0.2) is 12.4 Å². The zero-order chi connectivity index (χ0) is 12.2. The van der Waals surface area contributed by atoms with Crippen molar-refractivity contribution in [3.8, 4) is 0 Å². The van der Waals surface area contributed by atoms with Gasteiger partial charge in [0, 0.05) is 6.54 Å². The molecule has 0 amide bonds. The Kier molecular flexibility index (Phi) is 3.31. The molecule has 0 radical (unpaired) electrons. The highest BCUT2D eigenvalue weighted by Gasteiger charge is 2.12. The number of hydrogen-bond donors (Lipinski definition) is 2. The lowest BCUT2D eigenvalue weighted by Crippen LogP contribution is -2.30. The lowest BCUT2D eigenvalue weighted by molar-refractivity contribution is 0.364. The highest BCUT2D eigenvalue weighted by Crippen LogP contribution is 2.14. The molecule has 96 valence electrons. The van der Waals surface area contributed by atoms with E-state index in [1.54, 1.807) is 16.9 Å². The summed E-state index contributed by atoms with van der Waals surface area (Å²) in [5, 5.41) is 18.2. The average Bonchev–Trinajstić information content (AvgIpc) is 2.89. The number of hydrogen-bond acceptors (Lipinski definition) is 6. The van der Waals surface area contributed by atoms with Crippen molar-refractivity contribution in [2.75, 3.05) is 25.0 Å². The lowest BCUT2D eigenvalue weighted by atomic mass is 9.96. The maximum atomic E-state index is 4.11. The van der Waals surface area contributed by atoms with Crippen molar-refractivity contribution in [1.29, 1.82) is 0 Å². The molecule has 0 aromatic carbocycles. The van der Waals surface area contributed by atoms with Gasteiger partial charge in [-0.05, 0) is 48.7 Å². The minimum atomic E-state index is 0.666. The van der Waals surface area contributed by atoms with Gasteiger partial charge in [-0.1, -0.05) is 0 Å². The van der Waals surface area contributed by atoms with Crippen LogP contribution >= 0.6 is 0 Å². The highest BCUT2D eigenvalue weighted by molar-refractivity contribution is 5.43. The van der Waals surface area contributed by atoms with E-state index >= 15 is 0 Å². The first-order valence-electron chi connectivity index (χ1n) is 6.40. The molecule has 1 saturated heterocycles. The minimum Gasteiger partial charge on any atom is -0.369 e. The minimum absolute atomic E-state index is 0.666. The van der Waals surface area contributed by atoms with Crippen LogP contribution < -0.4 is 10.6 Å². The van der Waals surface area contributed by atoms with Crippen LogP contribution in [0.3, 0.4) is 0 Å². The third-order valence-electron chi connectivity index (χ3n) is 3.37. The Morgan fingerprint density at radius 3 is 3.33 bits per heavy atom. The topological polar surface area (TPSA) is 80.0 Å². The van der Waals surface area contributed by atoms with Crippen LogP contribution in [0, 0.1) is 5.92 Å². The Balaban J connectivity index is 1.57. The van der Waals surface area contributed by atoms with Gasteiger partial charge in [0.05, 0.1) is 12.4 Å². The van der Waals surface area contributed by atoms with Crippen LogP contribution in [0.1, 0.15) is 19.3 Å². The molecule has 1 atom stereocenters. The summed E-state index contributed by atoms with van der Waals surface area (Å²) in [6.45, 7) is 3.22. The second-order valence-electron chi connectivity index (χ2n) is 4.67. The summed E-state index contributed by atoms with van der Waals surface area (Å²) in [5.74, 6) is 1.62. The first-order chi connectivity index (χ1) is 8.93. The fourth-order valence-corrected chi connectivity index (χ4v) is 2.37. The summed E-state index contributed by atoms with van der Waals surface area (Å²) in [4.78, 5) is 4.11. The van der Waals surface area contributed by atoms with E-state index in [4.69, 9.17) is 0 Å². The van der Waals surface area contributed by atoms with E-state index in [2.05, 4.69) is 31.1 Å². The molecule has 3 rings (SSSR count). The van der Waals surface area contributed by atoms with Crippen LogP contribution in [-0.2, 0) is 0 Å². The maximum absolute atomic E-state index is 4.11. The molecule has 0 saturated carbocycles. The van der Waals surface area contributed by atoms with Gasteiger partial charge < -0.3 is 10.6 Å². The summed E-state index contributed by atoms with van der Waals surface area (Å²) in [6.07, 6.45) is 7.17. The Morgan fingerprint density at radius 2 is 2.44 bits per heavy atom. The Labute approximate surface area is 105 Å². The van der Waals surface area contributed by atoms with Crippen LogP contribution in [-0.4, -0.2) is 44.7 Å². The van der Waals surface area contributed by atoms with Crippen LogP contribution in [0.25, 0.3) is 5.65 Å². The molecule has 2 aromatic rings. The van der Waals surface area contributed by atoms with Crippen molar-refractivity contribution in [2.24, 2.45) is 5.92 Å². The van der Waals surface area contributed by atoms with Crippen LogP contribution in [0.4, 0.5) is 5.82 Å². The fourth-order valence-electron chi connectivity index (χ4n) is 2.37. The number of nitrogens with zero attached hydrogens (tertiary/aromatic N) is 5. The SMILES string of the molecule is c1ncc2nnnn2c1NCCC1CCCNC1. The van der Waals surface area contributed by atoms with E-state index in [-0.39, 0.29) is 0 Å². The first-order valence-corrected chi connectivity index (χ1v) is 6.40. The standard InChI is InChI=1S/C11H17N7/c1-2-9(6-12-4-1)3-5-14-10-7-13-8-11-15-16-17-18(10)11/h7-9,12,14H,1-6H2. The maximum Gasteiger partial charge on any atom is 0.199 e. The second-order valence-corrected chi connectivity index (χ2v) is 4.67. The molecule has 1 fully saturated rings. The number of fused-ring (bicyclic) bond motifs is 1. The quantitative estimate of drug-likeness (QED) is 0.810. The van der Waals surface area contributed by atoms with Crippen molar-refractivity contribution in [1.82, 2.24) is 30.3 Å². The molecule has 1 aliphatic rings. The number of nitrogens with one attached hydrogen (secondary N) is 2.